The summed E-state index contributed by atoms with van der Waals surface area (Å²) in [6, 6.07) is 9.05. The van der Waals surface area contributed by atoms with Gasteiger partial charge in [-0.25, -0.2) is 4.98 Å². The summed E-state index contributed by atoms with van der Waals surface area (Å²) in [6.45, 7) is 7.69. The van der Waals surface area contributed by atoms with Crippen LogP contribution in [-0.4, -0.2) is 27.5 Å². The zero-order valence-corrected chi connectivity index (χ0v) is 14.3. The Labute approximate surface area is 139 Å². The van der Waals surface area contributed by atoms with Gasteiger partial charge in [0, 0.05) is 39.4 Å². The molecule has 3 rings (SSSR count). The fourth-order valence-corrected chi connectivity index (χ4v) is 3.34. The summed E-state index contributed by atoms with van der Waals surface area (Å²) in [4.78, 5) is 6.73. The minimum absolute atomic E-state index is 0.847. The van der Waals surface area contributed by atoms with Crippen LogP contribution in [0.1, 0.15) is 36.6 Å². The molecule has 0 bridgehead atoms. The first-order valence-corrected chi connectivity index (χ1v) is 8.67. The van der Waals surface area contributed by atoms with Gasteiger partial charge < -0.3 is 9.88 Å². The first-order valence-electron chi connectivity index (χ1n) is 8.67. The fourth-order valence-electron chi connectivity index (χ4n) is 3.34. The van der Waals surface area contributed by atoms with E-state index in [4.69, 9.17) is 0 Å². The molecule has 1 saturated heterocycles. The lowest BCUT2D eigenvalue weighted by molar-refractivity contribution is 0.176. The molecule has 1 aliphatic heterocycles. The third kappa shape index (κ3) is 4.66. The summed E-state index contributed by atoms with van der Waals surface area (Å²) in [5.41, 5.74) is 3.97. The minimum atomic E-state index is 0.847. The Morgan fingerprint density at radius 1 is 1.17 bits per heavy atom. The van der Waals surface area contributed by atoms with E-state index in [2.05, 4.69) is 51.0 Å². The van der Waals surface area contributed by atoms with E-state index in [0.717, 1.165) is 25.6 Å². The monoisotopic (exact) mass is 312 g/mol. The Hall–Kier alpha value is -1.65. The van der Waals surface area contributed by atoms with Gasteiger partial charge >= 0.3 is 0 Å². The molecule has 0 unspecified atom stereocenters. The van der Waals surface area contributed by atoms with Gasteiger partial charge in [-0.2, -0.15) is 0 Å². The maximum absolute atomic E-state index is 4.14. The number of nitrogens with one attached hydrogen (secondary N) is 1. The van der Waals surface area contributed by atoms with Crippen molar-refractivity contribution in [2.24, 2.45) is 13.0 Å². The second-order valence-corrected chi connectivity index (χ2v) is 6.90. The highest BCUT2D eigenvalue weighted by molar-refractivity contribution is 5.22. The van der Waals surface area contributed by atoms with E-state index in [9.17, 15) is 0 Å². The molecule has 0 saturated carbocycles. The van der Waals surface area contributed by atoms with E-state index < -0.39 is 0 Å². The third-order valence-corrected chi connectivity index (χ3v) is 4.72. The number of likely N-dealkylation sites (tertiary alicyclic amines) is 1. The van der Waals surface area contributed by atoms with Gasteiger partial charge in [0.1, 0.15) is 0 Å². The maximum atomic E-state index is 4.14. The number of aryl methyl sites for hydroxylation is 1. The van der Waals surface area contributed by atoms with E-state index in [1.807, 2.05) is 19.6 Å². The zero-order chi connectivity index (χ0) is 16.1. The van der Waals surface area contributed by atoms with Crippen LogP contribution in [0.15, 0.2) is 36.8 Å². The molecule has 4 nitrogen and oxygen atoms in total. The first-order chi connectivity index (χ1) is 11.2. The summed E-state index contributed by atoms with van der Waals surface area (Å²) < 4.78 is 2.05. The lowest BCUT2D eigenvalue weighted by Gasteiger charge is -2.30. The highest BCUT2D eigenvalue weighted by atomic mass is 15.1. The Kier molecular flexibility index (Phi) is 5.47. The Morgan fingerprint density at radius 3 is 2.65 bits per heavy atom. The van der Waals surface area contributed by atoms with Gasteiger partial charge in [-0.1, -0.05) is 31.2 Å². The molecule has 23 heavy (non-hydrogen) atoms. The van der Waals surface area contributed by atoms with Gasteiger partial charge in [-0.3, -0.25) is 4.90 Å². The van der Waals surface area contributed by atoms with Crippen LogP contribution in [0.3, 0.4) is 0 Å². The van der Waals surface area contributed by atoms with Crippen LogP contribution in [0.2, 0.25) is 0 Å². The van der Waals surface area contributed by atoms with Gasteiger partial charge in [-0.15, -0.1) is 0 Å². The molecule has 2 heterocycles. The molecular formula is C19H28N4. The summed E-state index contributed by atoms with van der Waals surface area (Å²) in [7, 11) is 2.03. The molecule has 2 aromatic rings. The molecule has 4 heteroatoms. The SMILES string of the molecule is C[C@H]1CCCN(Cc2ccc(CNCc3cncn3C)cc2)C1. The molecule has 1 aliphatic rings. The second kappa shape index (κ2) is 7.75. The second-order valence-electron chi connectivity index (χ2n) is 6.90. The average molecular weight is 312 g/mol. The molecule has 0 spiro atoms. The van der Waals surface area contributed by atoms with E-state index in [0.29, 0.717) is 0 Å². The quantitative estimate of drug-likeness (QED) is 0.890. The summed E-state index contributed by atoms with van der Waals surface area (Å²) >= 11 is 0. The topological polar surface area (TPSA) is 33.1 Å². The van der Waals surface area contributed by atoms with Gasteiger partial charge in [0.2, 0.25) is 0 Å². The Balaban J connectivity index is 1.46. The molecule has 1 aromatic heterocycles. The maximum Gasteiger partial charge on any atom is 0.0945 e. The van der Waals surface area contributed by atoms with Crippen molar-refractivity contribution in [3.05, 3.63) is 53.6 Å². The van der Waals surface area contributed by atoms with Crippen LogP contribution in [0.4, 0.5) is 0 Å². The van der Waals surface area contributed by atoms with Crippen molar-refractivity contribution in [2.75, 3.05) is 13.1 Å². The van der Waals surface area contributed by atoms with Gasteiger partial charge in [0.25, 0.3) is 0 Å². The third-order valence-electron chi connectivity index (χ3n) is 4.72. The van der Waals surface area contributed by atoms with Gasteiger partial charge in [0.05, 0.1) is 12.0 Å². The number of hydrogen-bond donors (Lipinski definition) is 1. The standard InChI is InChI=1S/C19H28N4/c1-16-4-3-9-23(13-16)14-18-7-5-17(6-8-18)10-20-11-19-12-21-15-22(19)2/h5-8,12,15-16,20H,3-4,9-11,13-14H2,1-2H3/t16-/m0/s1. The van der Waals surface area contributed by atoms with Crippen LogP contribution < -0.4 is 5.32 Å². The molecule has 1 aromatic carbocycles. The molecule has 1 N–H and O–H groups in total. The largest absolute Gasteiger partial charge is 0.337 e. The van der Waals surface area contributed by atoms with Crippen LogP contribution in [0, 0.1) is 5.92 Å². The number of piperidine rings is 1. The highest BCUT2D eigenvalue weighted by Gasteiger charge is 2.15. The number of imidazole rings is 1. The van der Waals surface area contributed by atoms with Crippen molar-refractivity contribution in [1.82, 2.24) is 19.8 Å². The molecular weight excluding hydrogens is 284 g/mol. The van der Waals surface area contributed by atoms with Crippen molar-refractivity contribution < 1.29 is 0 Å². The summed E-state index contributed by atoms with van der Waals surface area (Å²) in [6.07, 6.45) is 6.48. The van der Waals surface area contributed by atoms with Gasteiger partial charge in [-0.05, 0) is 36.4 Å². The molecule has 1 fully saturated rings. The number of aromatic nitrogens is 2. The summed E-state index contributed by atoms with van der Waals surface area (Å²) in [5.74, 6) is 0.847. The van der Waals surface area contributed by atoms with E-state index >= 15 is 0 Å². The van der Waals surface area contributed by atoms with Crippen LogP contribution in [0.5, 0.6) is 0 Å². The van der Waals surface area contributed by atoms with Gasteiger partial charge in [0.15, 0.2) is 0 Å². The van der Waals surface area contributed by atoms with Crippen molar-refractivity contribution in [3.63, 3.8) is 0 Å². The lowest BCUT2D eigenvalue weighted by Crippen LogP contribution is -2.33. The zero-order valence-electron chi connectivity index (χ0n) is 14.3. The number of benzene rings is 1. The average Bonchev–Trinajstić information content (AvgIpc) is 2.94. The fraction of sp³-hybridized carbons (Fsp3) is 0.526. The minimum Gasteiger partial charge on any atom is -0.337 e. The van der Waals surface area contributed by atoms with E-state index in [-0.39, 0.29) is 0 Å². The molecule has 124 valence electrons. The molecule has 0 radical (unpaired) electrons. The van der Waals surface area contributed by atoms with E-state index in [1.165, 1.54) is 42.8 Å². The predicted octanol–water partition coefficient (Wildman–Crippen LogP) is 2.94. The highest BCUT2D eigenvalue weighted by Crippen LogP contribution is 2.18. The number of nitrogens with zero attached hydrogens (tertiary/aromatic N) is 3. The van der Waals surface area contributed by atoms with Crippen molar-refractivity contribution in [1.29, 1.82) is 0 Å². The van der Waals surface area contributed by atoms with Crippen LogP contribution in [0.25, 0.3) is 0 Å². The smallest absolute Gasteiger partial charge is 0.0945 e. The summed E-state index contributed by atoms with van der Waals surface area (Å²) in [5, 5.41) is 3.48. The number of hydrogen-bond acceptors (Lipinski definition) is 3. The lowest BCUT2D eigenvalue weighted by atomic mass is 9.99. The van der Waals surface area contributed by atoms with Crippen molar-refractivity contribution in [3.8, 4) is 0 Å². The predicted molar refractivity (Wildman–Crippen MR) is 93.9 cm³/mol. The van der Waals surface area contributed by atoms with Crippen molar-refractivity contribution >= 4 is 0 Å². The van der Waals surface area contributed by atoms with Crippen molar-refractivity contribution in [2.45, 2.75) is 39.4 Å². The van der Waals surface area contributed by atoms with Crippen LogP contribution >= 0.6 is 0 Å². The van der Waals surface area contributed by atoms with Crippen LogP contribution in [-0.2, 0) is 26.7 Å². The Bertz CT molecular complexity index is 602. The van der Waals surface area contributed by atoms with E-state index in [1.54, 1.807) is 0 Å². The normalized spacial score (nSPS) is 19.1. The molecule has 1 atom stereocenters. The molecule has 0 amide bonds. The first kappa shape index (κ1) is 16.2. The number of rotatable bonds is 6. The Morgan fingerprint density at radius 2 is 1.96 bits per heavy atom. The molecule has 0 aliphatic carbocycles.